The van der Waals surface area contributed by atoms with Crippen molar-refractivity contribution in [3.05, 3.63) is 52.1 Å². The van der Waals surface area contributed by atoms with E-state index >= 15 is 0 Å². The topological polar surface area (TPSA) is 97.9 Å². The standard InChI is InChI=1S/C27H35FN4O4/c1-16-15-21(9-10-22(16)28)32(20-7-5-19(6-8-20)31-11-13-36-14-12-31)27(35)25(33)24-17(2)23(26(29)34)18(3)30(24)4/h9-10,15,19-20H,5-8,11-14H2,1-4H3,(H2,29,34). The highest BCUT2D eigenvalue weighted by atomic mass is 19.1. The minimum absolute atomic E-state index is 0.150. The molecule has 0 radical (unpaired) electrons. The van der Waals surface area contributed by atoms with E-state index in [0.29, 0.717) is 28.6 Å². The van der Waals surface area contributed by atoms with Gasteiger partial charge in [-0.05, 0) is 75.8 Å². The van der Waals surface area contributed by atoms with E-state index in [1.54, 1.807) is 44.5 Å². The number of primary amides is 1. The van der Waals surface area contributed by atoms with Crippen molar-refractivity contribution in [1.29, 1.82) is 0 Å². The zero-order valence-corrected chi connectivity index (χ0v) is 21.5. The van der Waals surface area contributed by atoms with Gasteiger partial charge in [-0.2, -0.15) is 0 Å². The van der Waals surface area contributed by atoms with Crippen molar-refractivity contribution in [3.63, 3.8) is 0 Å². The molecule has 194 valence electrons. The van der Waals surface area contributed by atoms with Crippen LogP contribution in [-0.4, -0.2) is 65.5 Å². The quantitative estimate of drug-likeness (QED) is 0.488. The van der Waals surface area contributed by atoms with Crippen LogP contribution in [0.4, 0.5) is 10.1 Å². The lowest BCUT2D eigenvalue weighted by atomic mass is 9.88. The highest BCUT2D eigenvalue weighted by Gasteiger charge is 2.37. The predicted octanol–water partition coefficient (Wildman–Crippen LogP) is 3.05. The van der Waals surface area contributed by atoms with Crippen molar-refractivity contribution >= 4 is 23.3 Å². The Balaban J connectivity index is 1.65. The largest absolute Gasteiger partial charge is 0.379 e. The van der Waals surface area contributed by atoms with E-state index in [4.69, 9.17) is 10.5 Å². The molecule has 0 spiro atoms. The molecule has 8 nitrogen and oxygen atoms in total. The lowest BCUT2D eigenvalue weighted by Crippen LogP contribution is -2.50. The number of carbonyl (C=O) groups is 3. The van der Waals surface area contributed by atoms with Gasteiger partial charge >= 0.3 is 5.91 Å². The Labute approximate surface area is 211 Å². The number of anilines is 1. The van der Waals surface area contributed by atoms with Crippen molar-refractivity contribution in [2.75, 3.05) is 31.2 Å². The van der Waals surface area contributed by atoms with Gasteiger partial charge in [-0.3, -0.25) is 19.3 Å². The summed E-state index contributed by atoms with van der Waals surface area (Å²) in [6.45, 7) is 8.25. The van der Waals surface area contributed by atoms with Crippen LogP contribution in [0.25, 0.3) is 0 Å². The Hall–Kier alpha value is -3.04. The van der Waals surface area contributed by atoms with E-state index in [2.05, 4.69) is 4.90 Å². The fraction of sp³-hybridized carbons (Fsp3) is 0.519. The number of benzene rings is 1. The average Bonchev–Trinajstić information content (AvgIpc) is 3.09. The van der Waals surface area contributed by atoms with Crippen molar-refractivity contribution in [3.8, 4) is 0 Å². The molecule has 0 bridgehead atoms. The van der Waals surface area contributed by atoms with E-state index in [-0.39, 0.29) is 23.1 Å². The molecule has 9 heteroatoms. The summed E-state index contributed by atoms with van der Waals surface area (Å²) in [6.07, 6.45) is 3.26. The van der Waals surface area contributed by atoms with E-state index in [9.17, 15) is 18.8 Å². The lowest BCUT2D eigenvalue weighted by molar-refractivity contribution is -0.115. The smallest absolute Gasteiger partial charge is 0.301 e. The third-order valence-corrected chi connectivity index (χ3v) is 7.82. The van der Waals surface area contributed by atoms with Crippen LogP contribution in [0.1, 0.15) is 63.4 Å². The minimum atomic E-state index is -0.706. The van der Waals surface area contributed by atoms with Crippen LogP contribution in [0, 0.1) is 26.6 Å². The van der Waals surface area contributed by atoms with Crippen LogP contribution in [0.3, 0.4) is 0 Å². The summed E-state index contributed by atoms with van der Waals surface area (Å²) < 4.78 is 21.1. The first-order valence-electron chi connectivity index (χ1n) is 12.5. The number of ether oxygens (including phenoxy) is 1. The SMILES string of the molecule is Cc1cc(N(C(=O)C(=O)c2c(C)c(C(N)=O)c(C)n2C)C2CCC(N3CCOCC3)CC2)ccc1F. The summed E-state index contributed by atoms with van der Waals surface area (Å²) in [5.41, 5.74) is 7.78. The molecule has 2 fully saturated rings. The number of rotatable bonds is 6. The van der Waals surface area contributed by atoms with Gasteiger partial charge in [0.15, 0.2) is 0 Å². The summed E-state index contributed by atoms with van der Waals surface area (Å²) in [4.78, 5) is 43.5. The van der Waals surface area contributed by atoms with Gasteiger partial charge in [-0.1, -0.05) is 0 Å². The number of halogens is 1. The third kappa shape index (κ3) is 4.82. The molecule has 2 aromatic rings. The number of nitrogens with two attached hydrogens (primary N) is 1. The molecule has 36 heavy (non-hydrogen) atoms. The van der Waals surface area contributed by atoms with Gasteiger partial charge in [0.2, 0.25) is 0 Å². The first-order valence-corrected chi connectivity index (χ1v) is 12.5. The summed E-state index contributed by atoms with van der Waals surface area (Å²) >= 11 is 0. The second kappa shape index (κ2) is 10.5. The van der Waals surface area contributed by atoms with E-state index in [0.717, 1.165) is 52.0 Å². The molecule has 2 aliphatic rings. The molecular weight excluding hydrogens is 463 g/mol. The maximum Gasteiger partial charge on any atom is 0.301 e. The number of hydrogen-bond acceptors (Lipinski definition) is 5. The van der Waals surface area contributed by atoms with Gasteiger partial charge in [0, 0.05) is 43.6 Å². The number of aryl methyl sites for hydroxylation is 1. The third-order valence-electron chi connectivity index (χ3n) is 7.82. The van der Waals surface area contributed by atoms with E-state index in [1.807, 2.05) is 0 Å². The molecule has 2 N–H and O–H groups in total. The van der Waals surface area contributed by atoms with Crippen molar-refractivity contribution in [2.45, 2.75) is 58.5 Å². The number of carbonyl (C=O) groups excluding carboxylic acids is 3. The summed E-state index contributed by atoms with van der Waals surface area (Å²) in [6, 6.07) is 4.73. The van der Waals surface area contributed by atoms with E-state index < -0.39 is 17.6 Å². The van der Waals surface area contributed by atoms with Crippen molar-refractivity contribution in [1.82, 2.24) is 9.47 Å². The normalized spacial score (nSPS) is 20.8. The first-order chi connectivity index (χ1) is 17.1. The number of nitrogens with zero attached hydrogens (tertiary/aromatic N) is 3. The fourth-order valence-corrected chi connectivity index (χ4v) is 5.77. The van der Waals surface area contributed by atoms with Crippen LogP contribution < -0.4 is 10.6 Å². The maximum absolute atomic E-state index is 14.1. The Morgan fingerprint density at radius 2 is 1.69 bits per heavy atom. The Bertz CT molecular complexity index is 1180. The zero-order chi connectivity index (χ0) is 26.1. The highest BCUT2D eigenvalue weighted by Crippen LogP contribution is 2.32. The Morgan fingerprint density at radius 3 is 2.25 bits per heavy atom. The minimum Gasteiger partial charge on any atom is -0.379 e. The van der Waals surface area contributed by atoms with Gasteiger partial charge in [-0.15, -0.1) is 0 Å². The molecule has 1 aromatic carbocycles. The van der Waals surface area contributed by atoms with E-state index in [1.165, 1.54) is 11.0 Å². The number of hydrogen-bond donors (Lipinski definition) is 1. The van der Waals surface area contributed by atoms with Crippen LogP contribution in [0.15, 0.2) is 18.2 Å². The second-order valence-electron chi connectivity index (χ2n) is 9.91. The predicted molar refractivity (Wildman–Crippen MR) is 135 cm³/mol. The molecule has 1 aromatic heterocycles. The van der Waals surface area contributed by atoms with Gasteiger partial charge in [0.05, 0.1) is 24.5 Å². The number of amides is 2. The van der Waals surface area contributed by atoms with Crippen LogP contribution in [0.2, 0.25) is 0 Å². The molecule has 0 unspecified atom stereocenters. The zero-order valence-electron chi connectivity index (χ0n) is 21.5. The van der Waals surface area contributed by atoms with Crippen molar-refractivity contribution < 1.29 is 23.5 Å². The average molecular weight is 499 g/mol. The molecular formula is C27H35FN4O4. The molecule has 2 heterocycles. The van der Waals surface area contributed by atoms with Gasteiger partial charge in [-0.25, -0.2) is 4.39 Å². The molecule has 1 aliphatic carbocycles. The highest BCUT2D eigenvalue weighted by molar-refractivity contribution is 6.47. The molecule has 0 atom stereocenters. The van der Waals surface area contributed by atoms with Gasteiger partial charge in [0.25, 0.3) is 11.7 Å². The molecule has 1 saturated heterocycles. The molecule has 4 rings (SSSR count). The van der Waals surface area contributed by atoms with Gasteiger partial charge in [0.1, 0.15) is 5.82 Å². The summed E-state index contributed by atoms with van der Waals surface area (Å²) in [5, 5.41) is 0. The summed E-state index contributed by atoms with van der Waals surface area (Å²) in [7, 11) is 1.65. The van der Waals surface area contributed by atoms with Crippen molar-refractivity contribution in [2.24, 2.45) is 12.8 Å². The number of morpholine rings is 1. The Morgan fingerprint density at radius 1 is 1.06 bits per heavy atom. The van der Waals surface area contributed by atoms with Gasteiger partial charge < -0.3 is 19.9 Å². The molecule has 2 amide bonds. The monoisotopic (exact) mass is 498 g/mol. The second-order valence-corrected chi connectivity index (χ2v) is 9.91. The molecule has 1 saturated carbocycles. The fourth-order valence-electron chi connectivity index (χ4n) is 5.77. The van der Waals surface area contributed by atoms with Crippen LogP contribution in [-0.2, 0) is 16.6 Å². The summed E-state index contributed by atoms with van der Waals surface area (Å²) in [5.74, 6) is -2.40. The number of Topliss-reactive ketones (excluding diaryl/α,β-unsaturated/α-hetero) is 1. The lowest BCUT2D eigenvalue weighted by Gasteiger charge is -2.41. The molecule has 1 aliphatic heterocycles. The maximum atomic E-state index is 14.1. The van der Waals surface area contributed by atoms with Crippen LogP contribution >= 0.6 is 0 Å². The Kier molecular flexibility index (Phi) is 7.61. The number of aromatic nitrogens is 1. The first kappa shape index (κ1) is 26.0. The number of ketones is 1. The van der Waals surface area contributed by atoms with Crippen LogP contribution in [0.5, 0.6) is 0 Å².